The van der Waals surface area contributed by atoms with Gasteiger partial charge >= 0.3 is 0 Å². The molecule has 0 atom stereocenters. The van der Waals surface area contributed by atoms with Crippen LogP contribution in [-0.2, 0) is 6.42 Å². The van der Waals surface area contributed by atoms with Crippen LogP contribution >= 0.6 is 0 Å². The maximum atomic E-state index is 5.43. The van der Waals surface area contributed by atoms with Gasteiger partial charge in [-0.3, -0.25) is 0 Å². The monoisotopic (exact) mass is 241 g/mol. The Labute approximate surface area is 103 Å². The normalized spacial score (nSPS) is 10.9. The molecule has 0 aliphatic carbocycles. The van der Waals surface area contributed by atoms with Crippen LogP contribution in [0.15, 0.2) is 35.2 Å². The first-order valence-electron chi connectivity index (χ1n) is 5.59. The number of hydrogen-bond acceptors (Lipinski definition) is 6. The first kappa shape index (κ1) is 10.8. The smallest absolute Gasteiger partial charge is 0.181 e. The fraction of sp³-hybridized carbons (Fsp3) is 0.167. The van der Waals surface area contributed by atoms with Crippen LogP contribution in [0.25, 0.3) is 22.4 Å². The van der Waals surface area contributed by atoms with Gasteiger partial charge in [0.2, 0.25) is 0 Å². The molecule has 0 spiro atoms. The second-order valence-electron chi connectivity index (χ2n) is 3.83. The van der Waals surface area contributed by atoms with Gasteiger partial charge in [0, 0.05) is 12.0 Å². The maximum Gasteiger partial charge on any atom is 0.181 e. The summed E-state index contributed by atoms with van der Waals surface area (Å²) >= 11 is 0. The van der Waals surface area contributed by atoms with Crippen LogP contribution in [0.4, 0.5) is 0 Å². The lowest BCUT2D eigenvalue weighted by Gasteiger charge is -2.00. The molecule has 1 aromatic carbocycles. The van der Waals surface area contributed by atoms with Gasteiger partial charge in [0.1, 0.15) is 11.2 Å². The molecule has 0 saturated heterocycles. The highest BCUT2D eigenvalue weighted by Crippen LogP contribution is 2.21. The van der Waals surface area contributed by atoms with E-state index in [9.17, 15) is 0 Å². The average Bonchev–Trinajstić information content (AvgIpc) is 2.87. The summed E-state index contributed by atoms with van der Waals surface area (Å²) in [6.45, 7) is 0.519. The van der Waals surface area contributed by atoms with Gasteiger partial charge in [0.05, 0.1) is 6.20 Å². The van der Waals surface area contributed by atoms with Gasteiger partial charge in [-0.1, -0.05) is 6.07 Å². The van der Waals surface area contributed by atoms with Gasteiger partial charge in [-0.2, -0.15) is 0 Å². The Morgan fingerprint density at radius 3 is 2.89 bits per heavy atom. The third-order valence-corrected chi connectivity index (χ3v) is 2.60. The Hall–Kier alpha value is -2.34. The number of oxazole rings is 1. The van der Waals surface area contributed by atoms with Gasteiger partial charge in [-0.15, -0.1) is 10.2 Å². The van der Waals surface area contributed by atoms with E-state index in [1.54, 1.807) is 6.20 Å². The van der Waals surface area contributed by atoms with Crippen molar-refractivity contribution in [2.45, 2.75) is 6.42 Å². The number of aromatic nitrogens is 4. The standard InChI is InChI=1S/C12H11N5O/c13-4-3-12-14-6-10(16-17-12)8-1-2-9-11(5-8)18-7-15-9/h1-2,5-7H,3-4,13H2. The average molecular weight is 241 g/mol. The van der Waals surface area contributed by atoms with Crippen molar-refractivity contribution >= 4 is 11.1 Å². The van der Waals surface area contributed by atoms with E-state index in [1.165, 1.54) is 6.39 Å². The third kappa shape index (κ3) is 1.93. The molecule has 3 rings (SSSR count). The second kappa shape index (κ2) is 4.50. The second-order valence-corrected chi connectivity index (χ2v) is 3.83. The molecule has 3 aromatic rings. The highest BCUT2D eigenvalue weighted by molar-refractivity contribution is 5.78. The predicted molar refractivity (Wildman–Crippen MR) is 65.6 cm³/mol. The molecule has 2 aromatic heterocycles. The van der Waals surface area contributed by atoms with E-state index in [4.69, 9.17) is 10.2 Å². The van der Waals surface area contributed by atoms with E-state index >= 15 is 0 Å². The minimum atomic E-state index is 0.519. The Balaban J connectivity index is 1.97. The molecule has 0 amide bonds. The zero-order valence-electron chi connectivity index (χ0n) is 9.58. The summed E-state index contributed by atoms with van der Waals surface area (Å²) in [6.07, 6.45) is 3.74. The number of fused-ring (bicyclic) bond motifs is 1. The van der Waals surface area contributed by atoms with E-state index < -0.39 is 0 Å². The van der Waals surface area contributed by atoms with Crippen molar-refractivity contribution in [2.75, 3.05) is 6.54 Å². The van der Waals surface area contributed by atoms with E-state index in [-0.39, 0.29) is 0 Å². The number of hydrogen-bond donors (Lipinski definition) is 1. The molecule has 18 heavy (non-hydrogen) atoms. The minimum Gasteiger partial charge on any atom is -0.443 e. The molecule has 2 N–H and O–H groups in total. The number of rotatable bonds is 3. The highest BCUT2D eigenvalue weighted by Gasteiger charge is 2.05. The van der Waals surface area contributed by atoms with Crippen molar-refractivity contribution in [2.24, 2.45) is 5.73 Å². The van der Waals surface area contributed by atoms with Crippen molar-refractivity contribution in [3.63, 3.8) is 0 Å². The molecule has 0 radical (unpaired) electrons. The van der Waals surface area contributed by atoms with E-state index in [1.807, 2.05) is 18.2 Å². The van der Waals surface area contributed by atoms with E-state index in [0.29, 0.717) is 24.5 Å². The molecule has 90 valence electrons. The number of nitrogens with zero attached hydrogens (tertiary/aromatic N) is 4. The minimum absolute atomic E-state index is 0.519. The van der Waals surface area contributed by atoms with E-state index in [2.05, 4.69) is 20.2 Å². The zero-order chi connectivity index (χ0) is 12.4. The molecule has 0 aliphatic rings. The SMILES string of the molecule is NCCc1ncc(-c2ccc3ncoc3c2)nn1. The summed E-state index contributed by atoms with van der Waals surface area (Å²) in [5, 5.41) is 8.15. The van der Waals surface area contributed by atoms with Gasteiger partial charge in [0.15, 0.2) is 17.8 Å². The molecular formula is C12H11N5O. The summed E-state index contributed by atoms with van der Waals surface area (Å²) in [5.74, 6) is 0.655. The molecule has 6 nitrogen and oxygen atoms in total. The van der Waals surface area contributed by atoms with Crippen molar-refractivity contribution in [1.82, 2.24) is 20.2 Å². The van der Waals surface area contributed by atoms with Gasteiger partial charge in [-0.25, -0.2) is 9.97 Å². The van der Waals surface area contributed by atoms with Crippen LogP contribution in [0.2, 0.25) is 0 Å². The maximum absolute atomic E-state index is 5.43. The lowest BCUT2D eigenvalue weighted by molar-refractivity contribution is 0.602. The van der Waals surface area contributed by atoms with Crippen molar-refractivity contribution in [1.29, 1.82) is 0 Å². The number of benzene rings is 1. The Morgan fingerprint density at radius 2 is 2.11 bits per heavy atom. The van der Waals surface area contributed by atoms with Crippen molar-refractivity contribution < 1.29 is 4.42 Å². The Kier molecular flexibility index (Phi) is 2.70. The van der Waals surface area contributed by atoms with Crippen LogP contribution in [0.5, 0.6) is 0 Å². The van der Waals surface area contributed by atoms with Crippen LogP contribution in [0.3, 0.4) is 0 Å². The fourth-order valence-electron chi connectivity index (χ4n) is 1.69. The lowest BCUT2D eigenvalue weighted by atomic mass is 10.1. The Bertz CT molecular complexity index is 662. The topological polar surface area (TPSA) is 90.7 Å². The molecule has 0 fully saturated rings. The largest absolute Gasteiger partial charge is 0.443 e. The predicted octanol–water partition coefficient (Wildman–Crippen LogP) is 1.18. The molecule has 0 bridgehead atoms. The quantitative estimate of drug-likeness (QED) is 0.740. The number of nitrogens with two attached hydrogens (primary N) is 1. The van der Waals surface area contributed by atoms with Crippen LogP contribution in [-0.4, -0.2) is 26.7 Å². The molecule has 0 unspecified atom stereocenters. The summed E-state index contributed by atoms with van der Waals surface area (Å²) in [7, 11) is 0. The first-order valence-corrected chi connectivity index (χ1v) is 5.59. The summed E-state index contributed by atoms with van der Waals surface area (Å²) in [4.78, 5) is 8.27. The summed E-state index contributed by atoms with van der Waals surface area (Å²) in [6, 6.07) is 5.67. The van der Waals surface area contributed by atoms with Crippen molar-refractivity contribution in [3.8, 4) is 11.3 Å². The van der Waals surface area contributed by atoms with Gasteiger partial charge < -0.3 is 10.2 Å². The highest BCUT2D eigenvalue weighted by atomic mass is 16.3. The fourth-order valence-corrected chi connectivity index (χ4v) is 1.69. The molecule has 0 saturated carbocycles. The molecular weight excluding hydrogens is 230 g/mol. The molecule has 2 heterocycles. The summed E-state index contributed by atoms with van der Waals surface area (Å²) in [5.41, 5.74) is 8.58. The zero-order valence-corrected chi connectivity index (χ0v) is 9.58. The molecule has 0 aliphatic heterocycles. The van der Waals surface area contributed by atoms with E-state index in [0.717, 1.165) is 16.7 Å². The third-order valence-electron chi connectivity index (χ3n) is 2.60. The summed E-state index contributed by atoms with van der Waals surface area (Å²) < 4.78 is 5.25. The van der Waals surface area contributed by atoms with Crippen LogP contribution in [0, 0.1) is 0 Å². The molecule has 6 heteroatoms. The Morgan fingerprint density at radius 1 is 1.17 bits per heavy atom. The van der Waals surface area contributed by atoms with Crippen LogP contribution in [0.1, 0.15) is 5.82 Å². The lowest BCUT2D eigenvalue weighted by Crippen LogP contribution is -2.07. The van der Waals surface area contributed by atoms with Crippen molar-refractivity contribution in [3.05, 3.63) is 36.6 Å². The van der Waals surface area contributed by atoms with Gasteiger partial charge in [-0.05, 0) is 18.7 Å². The first-order chi connectivity index (χ1) is 8.86. The van der Waals surface area contributed by atoms with Crippen LogP contribution < -0.4 is 5.73 Å². The van der Waals surface area contributed by atoms with Gasteiger partial charge in [0.25, 0.3) is 0 Å².